The number of benzene rings is 2. The summed E-state index contributed by atoms with van der Waals surface area (Å²) in [7, 11) is 0. The van der Waals surface area contributed by atoms with Gasteiger partial charge in [-0.2, -0.15) is 0 Å². The van der Waals surface area contributed by atoms with Crippen LogP contribution >= 0.6 is 46.4 Å². The van der Waals surface area contributed by atoms with E-state index in [4.69, 9.17) is 46.4 Å². The Hall–Kier alpha value is -0.400. The van der Waals surface area contributed by atoms with Crippen molar-refractivity contribution in [3.05, 3.63) is 66.6 Å². The smallest absolute Gasteiger partial charge is 0.0624 e. The van der Waals surface area contributed by atoms with E-state index in [0.717, 1.165) is 22.3 Å². The average molecular weight is 350 g/mol. The Morgan fingerprint density at radius 2 is 0.600 bits per heavy atom. The molecule has 0 N–H and O–H groups in total. The molecular weight excluding hydrogens is 334 g/mol. The van der Waals surface area contributed by atoms with E-state index in [2.05, 4.69) is 0 Å². The number of halogens is 4. The molecule has 0 spiro atoms. The third kappa shape index (κ3) is 4.30. The van der Waals surface area contributed by atoms with Crippen LogP contribution in [0.1, 0.15) is 22.3 Å². The molecule has 108 valence electrons. The summed E-state index contributed by atoms with van der Waals surface area (Å²) in [5, 5.41) is 2.67. The summed E-state index contributed by atoms with van der Waals surface area (Å²) in [6.45, 7) is 7.75. The van der Waals surface area contributed by atoms with Crippen LogP contribution in [-0.4, -0.2) is 0 Å². The lowest BCUT2D eigenvalue weighted by Crippen LogP contribution is -1.79. The van der Waals surface area contributed by atoms with Crippen molar-refractivity contribution in [1.82, 2.24) is 0 Å². The van der Waals surface area contributed by atoms with Gasteiger partial charge in [-0.15, -0.1) is 0 Å². The van der Waals surface area contributed by atoms with Crippen molar-refractivity contribution in [1.29, 1.82) is 0 Å². The van der Waals surface area contributed by atoms with Gasteiger partial charge in [-0.05, 0) is 49.9 Å². The van der Waals surface area contributed by atoms with E-state index in [0.29, 0.717) is 20.1 Å². The molecule has 0 saturated heterocycles. The van der Waals surface area contributed by atoms with Crippen molar-refractivity contribution in [3.63, 3.8) is 0 Å². The van der Waals surface area contributed by atoms with Gasteiger partial charge < -0.3 is 0 Å². The first kappa shape index (κ1) is 17.7. The second kappa shape index (κ2) is 7.56. The number of rotatable bonds is 0. The van der Waals surface area contributed by atoms with Gasteiger partial charge in [-0.3, -0.25) is 0 Å². The first-order chi connectivity index (χ1) is 9.25. The highest BCUT2D eigenvalue weighted by Crippen LogP contribution is 2.28. The van der Waals surface area contributed by atoms with Gasteiger partial charge in [0, 0.05) is 0 Å². The second-order valence-electron chi connectivity index (χ2n) is 4.65. The van der Waals surface area contributed by atoms with E-state index in [-0.39, 0.29) is 0 Å². The Morgan fingerprint density at radius 3 is 0.750 bits per heavy atom. The molecule has 2 aromatic carbocycles. The van der Waals surface area contributed by atoms with Crippen LogP contribution in [0.2, 0.25) is 20.1 Å². The zero-order chi connectivity index (χ0) is 15.4. The summed E-state index contributed by atoms with van der Waals surface area (Å²) in [6.07, 6.45) is 0. The zero-order valence-electron chi connectivity index (χ0n) is 11.8. The molecule has 20 heavy (non-hydrogen) atoms. The SMILES string of the molecule is Cc1ccc(C)c(Cl)c1Cl.Cc1ccc(C)c(Cl)c1Cl. The minimum absolute atomic E-state index is 0.668. The normalized spacial score (nSPS) is 10.0. The maximum atomic E-state index is 5.85. The molecule has 0 heterocycles. The highest BCUT2D eigenvalue weighted by molar-refractivity contribution is 6.43. The first-order valence-electron chi connectivity index (χ1n) is 6.08. The van der Waals surface area contributed by atoms with Crippen LogP contribution in [0.3, 0.4) is 0 Å². The van der Waals surface area contributed by atoms with Crippen LogP contribution in [0.4, 0.5) is 0 Å². The first-order valence-corrected chi connectivity index (χ1v) is 7.59. The molecule has 0 nitrogen and oxygen atoms in total. The number of hydrogen-bond donors (Lipinski definition) is 0. The van der Waals surface area contributed by atoms with Crippen LogP contribution in [0.15, 0.2) is 24.3 Å². The lowest BCUT2D eigenvalue weighted by atomic mass is 10.2. The van der Waals surface area contributed by atoms with Gasteiger partial charge >= 0.3 is 0 Å². The monoisotopic (exact) mass is 348 g/mol. The quantitative estimate of drug-likeness (QED) is 0.470. The third-order valence-electron chi connectivity index (χ3n) is 2.94. The molecule has 0 fully saturated rings. The highest BCUT2D eigenvalue weighted by atomic mass is 35.5. The molecule has 0 aliphatic rings. The van der Waals surface area contributed by atoms with Crippen molar-refractivity contribution in [2.75, 3.05) is 0 Å². The lowest BCUT2D eigenvalue weighted by molar-refractivity contribution is 1.40. The fourth-order valence-electron chi connectivity index (χ4n) is 1.49. The molecular formula is C16H16Cl4. The standard InChI is InChI=1S/2C8H8Cl2/c2*1-5-3-4-6(2)8(10)7(5)9/h2*3-4H,1-2H3. The average Bonchev–Trinajstić information content (AvgIpc) is 2.43. The van der Waals surface area contributed by atoms with Gasteiger partial charge in [0.1, 0.15) is 0 Å². The Bertz CT molecular complexity index is 509. The molecule has 2 rings (SSSR count). The molecule has 0 aliphatic heterocycles. The second-order valence-corrected chi connectivity index (χ2v) is 6.17. The van der Waals surface area contributed by atoms with Crippen molar-refractivity contribution in [2.45, 2.75) is 27.7 Å². The van der Waals surface area contributed by atoms with Gasteiger partial charge in [0.25, 0.3) is 0 Å². The van der Waals surface area contributed by atoms with Crippen molar-refractivity contribution < 1.29 is 0 Å². The van der Waals surface area contributed by atoms with Gasteiger partial charge in [0.05, 0.1) is 20.1 Å². The maximum absolute atomic E-state index is 5.85. The van der Waals surface area contributed by atoms with Crippen LogP contribution in [-0.2, 0) is 0 Å². The van der Waals surface area contributed by atoms with Crippen LogP contribution in [0.5, 0.6) is 0 Å². The van der Waals surface area contributed by atoms with Crippen molar-refractivity contribution in [2.24, 2.45) is 0 Å². The summed E-state index contributed by atoms with van der Waals surface area (Å²) in [6, 6.07) is 7.85. The Balaban J connectivity index is 0.000000200. The molecule has 0 saturated carbocycles. The zero-order valence-corrected chi connectivity index (χ0v) is 14.8. The fourth-order valence-corrected chi connectivity index (χ4v) is 2.33. The van der Waals surface area contributed by atoms with Gasteiger partial charge in [-0.25, -0.2) is 0 Å². The minimum Gasteiger partial charge on any atom is -0.0824 e. The van der Waals surface area contributed by atoms with Crippen LogP contribution in [0.25, 0.3) is 0 Å². The van der Waals surface area contributed by atoms with E-state index < -0.39 is 0 Å². The molecule has 0 radical (unpaired) electrons. The van der Waals surface area contributed by atoms with E-state index in [1.54, 1.807) is 0 Å². The lowest BCUT2D eigenvalue weighted by Gasteiger charge is -2.01. The molecule has 0 atom stereocenters. The molecule has 2 aromatic rings. The largest absolute Gasteiger partial charge is 0.0824 e. The van der Waals surface area contributed by atoms with Crippen LogP contribution in [0, 0.1) is 27.7 Å². The summed E-state index contributed by atoms with van der Waals surface area (Å²) in [4.78, 5) is 0. The molecule has 0 bridgehead atoms. The number of aryl methyl sites for hydroxylation is 4. The molecule has 0 aromatic heterocycles. The maximum Gasteiger partial charge on any atom is 0.0624 e. The molecule has 4 heteroatoms. The fraction of sp³-hybridized carbons (Fsp3) is 0.250. The van der Waals surface area contributed by atoms with Crippen molar-refractivity contribution in [3.8, 4) is 0 Å². The minimum atomic E-state index is 0.668. The molecule has 0 unspecified atom stereocenters. The topological polar surface area (TPSA) is 0 Å². The highest BCUT2D eigenvalue weighted by Gasteiger charge is 2.02. The van der Waals surface area contributed by atoms with E-state index >= 15 is 0 Å². The van der Waals surface area contributed by atoms with Gasteiger partial charge in [0.2, 0.25) is 0 Å². The van der Waals surface area contributed by atoms with Crippen molar-refractivity contribution >= 4 is 46.4 Å². The summed E-state index contributed by atoms with van der Waals surface area (Å²) >= 11 is 23.4. The third-order valence-corrected chi connectivity index (χ3v) is 5.08. The predicted octanol–water partition coefficient (Wildman–Crippen LogP) is 7.22. The number of hydrogen-bond acceptors (Lipinski definition) is 0. The summed E-state index contributed by atoms with van der Waals surface area (Å²) < 4.78 is 0. The summed E-state index contributed by atoms with van der Waals surface area (Å²) in [5.74, 6) is 0. The Labute approximate surface area is 140 Å². The van der Waals surface area contributed by atoms with E-state index in [9.17, 15) is 0 Å². The van der Waals surface area contributed by atoms with E-state index in [1.165, 1.54) is 0 Å². The van der Waals surface area contributed by atoms with E-state index in [1.807, 2.05) is 52.0 Å². The van der Waals surface area contributed by atoms with Gasteiger partial charge in [-0.1, -0.05) is 70.7 Å². The Kier molecular flexibility index (Phi) is 6.68. The summed E-state index contributed by atoms with van der Waals surface area (Å²) in [5.41, 5.74) is 4.10. The molecule has 0 amide bonds. The molecule has 0 aliphatic carbocycles. The Morgan fingerprint density at radius 1 is 0.450 bits per heavy atom. The van der Waals surface area contributed by atoms with Gasteiger partial charge in [0.15, 0.2) is 0 Å². The predicted molar refractivity (Wildman–Crippen MR) is 91.9 cm³/mol. The van der Waals surface area contributed by atoms with Crippen LogP contribution < -0.4 is 0 Å².